The van der Waals surface area contributed by atoms with E-state index < -0.39 is 27.0 Å². The van der Waals surface area contributed by atoms with Gasteiger partial charge in [-0.2, -0.15) is 0 Å². The van der Waals surface area contributed by atoms with Gasteiger partial charge in [0.15, 0.2) is 9.84 Å². The standard InChI is InChI=1S/C22H28FNO3S2/c1-14(2)17-7-10-19(11-8-17)28-21-12-9-18(13-20(21)23)15(3)24(5)22(25)16(4)29(6,26)27/h7-16H,1-6H3/t15-,16+/m1/s1. The highest BCUT2D eigenvalue weighted by Gasteiger charge is 2.29. The topological polar surface area (TPSA) is 54.5 Å². The molecule has 0 unspecified atom stereocenters. The lowest BCUT2D eigenvalue weighted by atomic mass is 10.0. The molecule has 29 heavy (non-hydrogen) atoms. The van der Waals surface area contributed by atoms with Crippen LogP contribution in [0.3, 0.4) is 0 Å². The largest absolute Gasteiger partial charge is 0.338 e. The molecule has 0 radical (unpaired) electrons. The molecule has 2 atom stereocenters. The van der Waals surface area contributed by atoms with Crippen LogP contribution in [0.4, 0.5) is 4.39 Å². The van der Waals surface area contributed by atoms with Gasteiger partial charge in [-0.3, -0.25) is 4.79 Å². The molecule has 1 amide bonds. The molecule has 4 nitrogen and oxygen atoms in total. The fourth-order valence-corrected chi connectivity index (χ4v) is 4.14. The highest BCUT2D eigenvalue weighted by Crippen LogP contribution is 2.33. The minimum Gasteiger partial charge on any atom is -0.338 e. The predicted octanol–water partition coefficient (Wildman–Crippen LogP) is 5.05. The molecule has 7 heteroatoms. The minimum absolute atomic E-state index is 0.371. The van der Waals surface area contributed by atoms with Crippen LogP contribution in [0, 0.1) is 5.82 Å². The fraction of sp³-hybridized carbons (Fsp3) is 0.409. The van der Waals surface area contributed by atoms with Gasteiger partial charge in [-0.05, 0) is 55.2 Å². The Labute approximate surface area is 177 Å². The lowest BCUT2D eigenvalue weighted by molar-refractivity contribution is -0.131. The van der Waals surface area contributed by atoms with Crippen molar-refractivity contribution in [2.75, 3.05) is 13.3 Å². The molecule has 2 aromatic carbocycles. The number of nitrogens with zero attached hydrogens (tertiary/aromatic N) is 1. The molecule has 158 valence electrons. The number of carbonyl (C=O) groups is 1. The summed E-state index contributed by atoms with van der Waals surface area (Å²) in [4.78, 5) is 15.2. The molecular weight excluding hydrogens is 409 g/mol. The Bertz CT molecular complexity index is 972. The summed E-state index contributed by atoms with van der Waals surface area (Å²) in [6, 6.07) is 12.5. The zero-order valence-electron chi connectivity index (χ0n) is 17.6. The van der Waals surface area contributed by atoms with E-state index in [0.717, 1.165) is 11.2 Å². The first kappa shape index (κ1) is 23.4. The van der Waals surface area contributed by atoms with Gasteiger partial charge in [-0.25, -0.2) is 12.8 Å². The summed E-state index contributed by atoms with van der Waals surface area (Å²) in [5.41, 5.74) is 1.84. The quantitative estimate of drug-likeness (QED) is 0.608. The molecule has 0 spiro atoms. The maximum atomic E-state index is 14.7. The normalized spacial score (nSPS) is 13.9. The number of carbonyl (C=O) groups excluding carboxylic acids is 1. The van der Waals surface area contributed by atoms with Crippen molar-refractivity contribution >= 4 is 27.5 Å². The first-order chi connectivity index (χ1) is 13.4. The summed E-state index contributed by atoms with van der Waals surface area (Å²) in [6.07, 6.45) is 1.04. The van der Waals surface area contributed by atoms with E-state index >= 15 is 0 Å². The van der Waals surface area contributed by atoms with Crippen molar-refractivity contribution in [2.24, 2.45) is 0 Å². The van der Waals surface area contributed by atoms with E-state index in [0.29, 0.717) is 16.4 Å². The average Bonchev–Trinajstić information content (AvgIpc) is 2.66. The summed E-state index contributed by atoms with van der Waals surface area (Å²) in [5, 5.41) is -1.14. The van der Waals surface area contributed by atoms with Crippen molar-refractivity contribution < 1.29 is 17.6 Å². The van der Waals surface area contributed by atoms with Crippen molar-refractivity contribution in [1.29, 1.82) is 0 Å². The average molecular weight is 438 g/mol. The number of hydrogen-bond acceptors (Lipinski definition) is 4. The van der Waals surface area contributed by atoms with E-state index in [4.69, 9.17) is 0 Å². The van der Waals surface area contributed by atoms with Gasteiger partial charge in [0.1, 0.15) is 11.1 Å². The van der Waals surface area contributed by atoms with Gasteiger partial charge in [0.25, 0.3) is 0 Å². The van der Waals surface area contributed by atoms with Crippen LogP contribution in [0.15, 0.2) is 52.3 Å². The van der Waals surface area contributed by atoms with Crippen molar-refractivity contribution in [2.45, 2.75) is 54.7 Å². The van der Waals surface area contributed by atoms with Crippen molar-refractivity contribution in [3.63, 3.8) is 0 Å². The maximum Gasteiger partial charge on any atom is 0.240 e. The van der Waals surface area contributed by atoms with Gasteiger partial charge >= 0.3 is 0 Å². The Morgan fingerprint density at radius 3 is 2.03 bits per heavy atom. The van der Waals surface area contributed by atoms with Gasteiger partial charge in [0.2, 0.25) is 5.91 Å². The van der Waals surface area contributed by atoms with Crippen LogP contribution < -0.4 is 0 Å². The van der Waals surface area contributed by atoms with E-state index in [9.17, 15) is 17.6 Å². The second-order valence-electron chi connectivity index (χ2n) is 7.61. The van der Waals surface area contributed by atoms with Gasteiger partial charge < -0.3 is 4.90 Å². The minimum atomic E-state index is -3.49. The zero-order valence-corrected chi connectivity index (χ0v) is 19.3. The van der Waals surface area contributed by atoms with Gasteiger partial charge in [-0.1, -0.05) is 43.8 Å². The third-order valence-electron chi connectivity index (χ3n) is 5.13. The second kappa shape index (κ2) is 9.30. The number of benzene rings is 2. The molecule has 0 aliphatic rings. The molecule has 0 N–H and O–H groups in total. The van der Waals surface area contributed by atoms with Crippen LogP contribution in [-0.4, -0.2) is 37.8 Å². The lowest BCUT2D eigenvalue weighted by Crippen LogP contribution is -2.40. The molecular formula is C22H28FNO3S2. The van der Waals surface area contributed by atoms with Gasteiger partial charge in [0, 0.05) is 23.1 Å². The van der Waals surface area contributed by atoms with Crippen molar-refractivity contribution in [1.82, 2.24) is 4.90 Å². The fourth-order valence-electron chi connectivity index (χ4n) is 2.79. The summed E-state index contributed by atoms with van der Waals surface area (Å²) in [5.74, 6) is -0.440. The molecule has 0 bridgehead atoms. The second-order valence-corrected chi connectivity index (χ2v) is 11.1. The Morgan fingerprint density at radius 2 is 1.55 bits per heavy atom. The molecule has 2 aromatic rings. The molecule has 0 saturated heterocycles. The molecule has 0 aliphatic carbocycles. The highest BCUT2D eigenvalue weighted by molar-refractivity contribution is 7.99. The summed E-state index contributed by atoms with van der Waals surface area (Å²) < 4.78 is 38.0. The molecule has 0 saturated carbocycles. The lowest BCUT2D eigenvalue weighted by Gasteiger charge is -2.27. The smallest absolute Gasteiger partial charge is 0.240 e. The van der Waals surface area contributed by atoms with Gasteiger partial charge in [-0.15, -0.1) is 0 Å². The first-order valence-electron chi connectivity index (χ1n) is 9.44. The molecule has 0 aliphatic heterocycles. The first-order valence-corrected chi connectivity index (χ1v) is 12.2. The molecule has 0 heterocycles. The zero-order chi connectivity index (χ0) is 21.9. The van der Waals surface area contributed by atoms with Crippen LogP contribution in [0.2, 0.25) is 0 Å². The summed E-state index contributed by atoms with van der Waals surface area (Å²) in [7, 11) is -1.96. The van der Waals surface area contributed by atoms with Crippen molar-refractivity contribution in [3.8, 4) is 0 Å². The van der Waals surface area contributed by atoms with Crippen molar-refractivity contribution in [3.05, 3.63) is 59.4 Å². The van der Waals surface area contributed by atoms with Crippen LogP contribution in [0.25, 0.3) is 0 Å². The monoisotopic (exact) mass is 437 g/mol. The van der Waals surface area contributed by atoms with E-state index in [1.807, 2.05) is 24.3 Å². The molecule has 0 fully saturated rings. The van der Waals surface area contributed by atoms with E-state index in [-0.39, 0.29) is 5.82 Å². The SMILES string of the molecule is CC(C)c1ccc(Sc2ccc([C@@H](C)N(C)C(=O)[C@H](C)S(C)(=O)=O)cc2F)cc1. The number of hydrogen-bond donors (Lipinski definition) is 0. The van der Waals surface area contributed by atoms with E-state index in [1.54, 1.807) is 19.1 Å². The Hall–Kier alpha value is -1.86. The Balaban J connectivity index is 2.16. The van der Waals surface area contributed by atoms with Gasteiger partial charge in [0.05, 0.1) is 6.04 Å². The number of sulfone groups is 1. The van der Waals surface area contributed by atoms with Crippen LogP contribution in [0.1, 0.15) is 50.8 Å². The number of rotatable bonds is 7. The number of amides is 1. The summed E-state index contributed by atoms with van der Waals surface area (Å²) >= 11 is 1.34. The van der Waals surface area contributed by atoms with E-state index in [2.05, 4.69) is 13.8 Å². The number of halogens is 1. The van der Waals surface area contributed by atoms with E-state index in [1.165, 1.54) is 42.3 Å². The summed E-state index contributed by atoms with van der Waals surface area (Å²) in [6.45, 7) is 7.37. The molecule has 2 rings (SSSR count). The van der Waals surface area contributed by atoms with Crippen LogP contribution in [-0.2, 0) is 14.6 Å². The molecule has 0 aromatic heterocycles. The predicted molar refractivity (Wildman–Crippen MR) is 117 cm³/mol. The third kappa shape index (κ3) is 5.82. The maximum absolute atomic E-state index is 14.7. The Morgan fingerprint density at radius 1 is 1.00 bits per heavy atom. The third-order valence-corrected chi connectivity index (χ3v) is 7.68. The van der Waals surface area contributed by atoms with Crippen LogP contribution in [0.5, 0.6) is 0 Å². The highest BCUT2D eigenvalue weighted by atomic mass is 32.2. The van der Waals surface area contributed by atoms with Crippen LogP contribution >= 0.6 is 11.8 Å². The Kier molecular flexibility index (Phi) is 7.51.